The highest BCUT2D eigenvalue weighted by Gasteiger charge is 2.48. The van der Waals surface area contributed by atoms with Crippen LogP contribution in [0.4, 0.5) is 0 Å². The van der Waals surface area contributed by atoms with Gasteiger partial charge in [-0.05, 0) is 12.8 Å². The van der Waals surface area contributed by atoms with Crippen molar-refractivity contribution < 1.29 is 56.2 Å². The topological polar surface area (TPSA) is 178 Å². The van der Waals surface area contributed by atoms with Crippen molar-refractivity contribution in [1.82, 2.24) is 0 Å². The number of esters is 1. The summed E-state index contributed by atoms with van der Waals surface area (Å²) in [4.78, 5) is 12.7. The first kappa shape index (κ1) is 44.1. The third-order valence-corrected chi connectivity index (χ3v) is 8.94. The Bertz CT molecular complexity index is 858. The molecule has 0 spiro atoms. The number of aliphatic hydroxyl groups is 3. The average Bonchev–Trinajstić information content (AvgIpc) is 3.03. The first-order chi connectivity index (χ1) is 22.6. The van der Waals surface area contributed by atoms with Crippen LogP contribution < -0.4 is 0 Å². The van der Waals surface area contributed by atoms with Gasteiger partial charge in [-0.25, -0.2) is 4.18 Å². The zero-order valence-electron chi connectivity index (χ0n) is 29.1. The molecule has 0 amide bonds. The lowest BCUT2D eigenvalue weighted by atomic mass is 9.99. The Hall–Kier alpha value is -0.900. The van der Waals surface area contributed by atoms with Crippen LogP contribution in [0, 0.1) is 0 Å². The molecule has 1 fully saturated rings. The molecule has 1 aliphatic rings. The van der Waals surface area contributed by atoms with Crippen molar-refractivity contribution in [2.24, 2.45) is 0 Å². The first-order valence-electron chi connectivity index (χ1n) is 18.3. The quantitative estimate of drug-likeness (QED) is 0.0390. The maximum Gasteiger partial charge on any atom is 0.397 e. The molecule has 0 aromatic heterocycles. The van der Waals surface area contributed by atoms with Gasteiger partial charge in [0.25, 0.3) is 0 Å². The van der Waals surface area contributed by atoms with Crippen LogP contribution >= 0.6 is 0 Å². The Kier molecular flexibility index (Phi) is 26.2. The smallest absolute Gasteiger partial charge is 0.397 e. The molecule has 280 valence electrons. The standard InChI is InChI=1S/C34H66O12S/c1-3-5-7-9-11-13-15-17-19-21-23-30(36)44-28(26-42-24-22-20-18-16-14-12-10-8-6-4-2)27-43-34-32(38)33(46-47(39,40)41)31(37)29(25-35)45-34/h28-29,31-35,37-38H,3-27H2,1-2H3,(H,39,40,41). The lowest BCUT2D eigenvalue weighted by molar-refractivity contribution is -0.301. The highest BCUT2D eigenvalue weighted by Crippen LogP contribution is 2.26. The van der Waals surface area contributed by atoms with Crippen LogP contribution in [-0.4, -0.2) is 97.5 Å². The second-order valence-corrected chi connectivity index (χ2v) is 13.9. The molecule has 47 heavy (non-hydrogen) atoms. The molecule has 0 radical (unpaired) electrons. The summed E-state index contributed by atoms with van der Waals surface area (Å²) in [6.07, 6.45) is 14.4. The minimum Gasteiger partial charge on any atom is -0.457 e. The van der Waals surface area contributed by atoms with Gasteiger partial charge >= 0.3 is 16.4 Å². The van der Waals surface area contributed by atoms with Gasteiger partial charge in [0.2, 0.25) is 0 Å². The van der Waals surface area contributed by atoms with Crippen LogP contribution in [0.2, 0.25) is 0 Å². The fourth-order valence-electron chi connectivity index (χ4n) is 5.67. The molecule has 0 aromatic carbocycles. The van der Waals surface area contributed by atoms with E-state index in [-0.39, 0.29) is 19.6 Å². The van der Waals surface area contributed by atoms with Crippen LogP contribution in [0.3, 0.4) is 0 Å². The molecular weight excluding hydrogens is 632 g/mol. The zero-order chi connectivity index (χ0) is 34.8. The van der Waals surface area contributed by atoms with E-state index in [1.807, 2.05) is 0 Å². The second kappa shape index (κ2) is 27.9. The summed E-state index contributed by atoms with van der Waals surface area (Å²) in [5.41, 5.74) is 0. The van der Waals surface area contributed by atoms with Gasteiger partial charge in [0.05, 0.1) is 19.8 Å². The van der Waals surface area contributed by atoms with Crippen LogP contribution in [0.1, 0.15) is 149 Å². The molecule has 0 aliphatic carbocycles. The second-order valence-electron chi connectivity index (χ2n) is 12.8. The van der Waals surface area contributed by atoms with Crippen molar-refractivity contribution in [3.05, 3.63) is 0 Å². The van der Waals surface area contributed by atoms with E-state index in [2.05, 4.69) is 18.0 Å². The maximum absolute atomic E-state index is 12.7. The summed E-state index contributed by atoms with van der Waals surface area (Å²) < 4.78 is 58.6. The van der Waals surface area contributed by atoms with E-state index in [0.717, 1.165) is 38.5 Å². The number of carbonyl (C=O) groups excluding carboxylic acids is 1. The van der Waals surface area contributed by atoms with Crippen LogP contribution in [-0.2, 0) is 38.3 Å². The van der Waals surface area contributed by atoms with E-state index in [9.17, 15) is 28.5 Å². The molecule has 0 bridgehead atoms. The first-order valence-corrected chi connectivity index (χ1v) is 19.7. The lowest BCUT2D eigenvalue weighted by Crippen LogP contribution is -2.60. The van der Waals surface area contributed by atoms with Crippen molar-refractivity contribution in [1.29, 1.82) is 0 Å². The Morgan fingerprint density at radius 2 is 1.21 bits per heavy atom. The summed E-state index contributed by atoms with van der Waals surface area (Å²) in [5.74, 6) is -0.401. The van der Waals surface area contributed by atoms with Gasteiger partial charge in [0, 0.05) is 13.0 Å². The Morgan fingerprint density at radius 1 is 0.723 bits per heavy atom. The average molecular weight is 699 g/mol. The van der Waals surface area contributed by atoms with E-state index in [1.165, 1.54) is 83.5 Å². The fraction of sp³-hybridized carbons (Fsp3) is 0.971. The molecule has 1 rings (SSSR count). The predicted molar refractivity (Wildman–Crippen MR) is 179 cm³/mol. The number of ether oxygens (including phenoxy) is 4. The monoisotopic (exact) mass is 698 g/mol. The Morgan fingerprint density at radius 3 is 1.70 bits per heavy atom. The predicted octanol–water partition coefficient (Wildman–Crippen LogP) is 5.79. The highest BCUT2D eigenvalue weighted by molar-refractivity contribution is 7.80. The number of aliphatic hydroxyl groups excluding tert-OH is 3. The van der Waals surface area contributed by atoms with Crippen molar-refractivity contribution in [2.75, 3.05) is 26.4 Å². The summed E-state index contributed by atoms with van der Waals surface area (Å²) in [5, 5.41) is 30.4. The van der Waals surface area contributed by atoms with Crippen LogP contribution in [0.5, 0.6) is 0 Å². The van der Waals surface area contributed by atoms with E-state index in [1.54, 1.807) is 0 Å². The van der Waals surface area contributed by atoms with Gasteiger partial charge in [-0.3, -0.25) is 9.35 Å². The maximum atomic E-state index is 12.7. The Labute approximate surface area is 284 Å². The molecule has 6 unspecified atom stereocenters. The highest BCUT2D eigenvalue weighted by atomic mass is 32.3. The molecular formula is C34H66O12S. The van der Waals surface area contributed by atoms with Gasteiger partial charge in [-0.1, -0.05) is 129 Å². The minimum atomic E-state index is -5.05. The summed E-state index contributed by atoms with van der Waals surface area (Å²) in [7, 11) is -5.05. The minimum absolute atomic E-state index is 0.0427. The third-order valence-electron chi connectivity index (χ3n) is 8.48. The van der Waals surface area contributed by atoms with Gasteiger partial charge in [-0.15, -0.1) is 0 Å². The van der Waals surface area contributed by atoms with Crippen molar-refractivity contribution in [3.63, 3.8) is 0 Å². The van der Waals surface area contributed by atoms with E-state index in [4.69, 9.17) is 23.5 Å². The molecule has 13 heteroatoms. The SMILES string of the molecule is CCCCCCCCCCCCOCC(COC1OC(CO)C(O)C(OS(=O)(=O)O)C1O)OC(=O)CCCCCCCCCCCC. The van der Waals surface area contributed by atoms with Gasteiger partial charge in [0.1, 0.15) is 30.5 Å². The Balaban J connectivity index is 2.54. The molecule has 1 saturated heterocycles. The van der Waals surface area contributed by atoms with E-state index in [0.29, 0.717) is 13.0 Å². The number of hydrogen-bond acceptors (Lipinski definition) is 11. The molecule has 4 N–H and O–H groups in total. The number of unbranched alkanes of at least 4 members (excludes halogenated alkanes) is 18. The molecule has 1 aliphatic heterocycles. The van der Waals surface area contributed by atoms with Crippen LogP contribution in [0.15, 0.2) is 0 Å². The number of hydrogen-bond donors (Lipinski definition) is 4. The number of rotatable bonds is 31. The van der Waals surface area contributed by atoms with E-state index < -0.39 is 59.8 Å². The fourth-order valence-corrected chi connectivity index (χ4v) is 6.18. The number of carbonyl (C=O) groups is 1. The molecule has 0 aromatic rings. The molecule has 12 nitrogen and oxygen atoms in total. The molecule has 1 heterocycles. The third kappa shape index (κ3) is 22.4. The largest absolute Gasteiger partial charge is 0.457 e. The van der Waals surface area contributed by atoms with Gasteiger partial charge in [-0.2, -0.15) is 8.42 Å². The van der Waals surface area contributed by atoms with Crippen molar-refractivity contribution >= 4 is 16.4 Å². The van der Waals surface area contributed by atoms with Crippen molar-refractivity contribution in [2.45, 2.75) is 185 Å². The normalized spacial score (nSPS) is 22.4. The summed E-state index contributed by atoms with van der Waals surface area (Å²) in [6.45, 7) is 3.95. The summed E-state index contributed by atoms with van der Waals surface area (Å²) >= 11 is 0. The lowest BCUT2D eigenvalue weighted by Gasteiger charge is -2.41. The summed E-state index contributed by atoms with van der Waals surface area (Å²) in [6, 6.07) is 0. The molecule has 0 saturated carbocycles. The van der Waals surface area contributed by atoms with Gasteiger partial charge in [0.15, 0.2) is 6.29 Å². The van der Waals surface area contributed by atoms with Crippen molar-refractivity contribution in [3.8, 4) is 0 Å². The van der Waals surface area contributed by atoms with Gasteiger partial charge < -0.3 is 34.3 Å². The van der Waals surface area contributed by atoms with Crippen LogP contribution in [0.25, 0.3) is 0 Å². The molecule has 6 atom stereocenters. The zero-order valence-corrected chi connectivity index (χ0v) is 29.9. The van der Waals surface area contributed by atoms with E-state index >= 15 is 0 Å².